The molecule has 14 heteroatoms. The molecule has 1 amide bonds. The number of anilines is 3. The van der Waals surface area contributed by atoms with Gasteiger partial charge in [0.15, 0.2) is 0 Å². The maximum atomic E-state index is 13.6. The van der Waals surface area contributed by atoms with Gasteiger partial charge in [0.05, 0.1) is 33.3 Å². The Kier molecular flexibility index (Phi) is 9.35. The number of nitrogens with zero attached hydrogens (tertiary/aromatic N) is 1. The third-order valence-corrected chi connectivity index (χ3v) is 9.61. The molecule has 0 heterocycles. The topological polar surface area (TPSA) is 122 Å². The van der Waals surface area contributed by atoms with Crippen LogP contribution in [0.1, 0.15) is 0 Å². The summed E-state index contributed by atoms with van der Waals surface area (Å²) in [5.74, 6) is -0.211. The standard InChI is InChI=1S/C27H22Cl3N3O6S2/c1-39-22-8-12-24(13-9-22)41(37,38)33(21-4-2-3-18(28)15-21)17-27(34)31-20-6-10-23(11-7-20)40(35,36)32-26-14-5-19(29)16-25(26)30/h2-16,32H,17H2,1H3,(H,31,34). The lowest BCUT2D eigenvalue weighted by molar-refractivity contribution is -0.114. The number of ether oxygens (including phenoxy) is 1. The van der Waals surface area contributed by atoms with Gasteiger partial charge in [0, 0.05) is 15.7 Å². The van der Waals surface area contributed by atoms with Gasteiger partial charge in [-0.3, -0.25) is 13.8 Å². The summed E-state index contributed by atoms with van der Waals surface area (Å²) in [6.07, 6.45) is 0. The second-order valence-electron chi connectivity index (χ2n) is 8.47. The molecular weight excluding hydrogens is 633 g/mol. The molecule has 0 aliphatic heterocycles. The number of halogens is 3. The summed E-state index contributed by atoms with van der Waals surface area (Å²) in [6, 6.07) is 21.4. The van der Waals surface area contributed by atoms with Crippen LogP contribution in [0, 0.1) is 0 Å². The zero-order valence-corrected chi connectivity index (χ0v) is 25.1. The van der Waals surface area contributed by atoms with Gasteiger partial charge in [0.2, 0.25) is 5.91 Å². The van der Waals surface area contributed by atoms with Gasteiger partial charge in [0.1, 0.15) is 12.3 Å². The van der Waals surface area contributed by atoms with E-state index in [2.05, 4.69) is 10.0 Å². The van der Waals surface area contributed by atoms with Crippen molar-refractivity contribution >= 4 is 77.8 Å². The van der Waals surface area contributed by atoms with E-state index in [1.165, 1.54) is 86.0 Å². The van der Waals surface area contributed by atoms with Crippen molar-refractivity contribution in [1.29, 1.82) is 0 Å². The van der Waals surface area contributed by atoms with Gasteiger partial charge < -0.3 is 10.1 Å². The average Bonchev–Trinajstić information content (AvgIpc) is 2.93. The van der Waals surface area contributed by atoms with E-state index in [1.54, 1.807) is 12.1 Å². The Hall–Kier alpha value is -3.48. The molecule has 9 nitrogen and oxygen atoms in total. The molecule has 0 radical (unpaired) electrons. The Morgan fingerprint density at radius 2 is 1.44 bits per heavy atom. The van der Waals surface area contributed by atoms with Gasteiger partial charge in [-0.05, 0) is 84.9 Å². The lowest BCUT2D eigenvalue weighted by atomic mass is 10.3. The summed E-state index contributed by atoms with van der Waals surface area (Å²) in [5.41, 5.74) is 0.566. The Morgan fingerprint density at radius 3 is 2.05 bits per heavy atom. The van der Waals surface area contributed by atoms with Crippen molar-refractivity contribution in [2.45, 2.75) is 9.79 Å². The number of methoxy groups -OCH3 is 1. The molecule has 0 unspecified atom stereocenters. The molecule has 0 bridgehead atoms. The Morgan fingerprint density at radius 1 is 0.805 bits per heavy atom. The van der Waals surface area contributed by atoms with Crippen LogP contribution in [0.2, 0.25) is 15.1 Å². The van der Waals surface area contributed by atoms with Gasteiger partial charge >= 0.3 is 0 Å². The number of hydrogen-bond donors (Lipinski definition) is 2. The van der Waals surface area contributed by atoms with Gasteiger partial charge in [-0.1, -0.05) is 40.9 Å². The molecule has 4 aromatic carbocycles. The van der Waals surface area contributed by atoms with E-state index in [0.29, 0.717) is 10.8 Å². The second-order valence-corrected chi connectivity index (χ2v) is 13.3. The first-order valence-electron chi connectivity index (χ1n) is 11.7. The van der Waals surface area contributed by atoms with E-state index in [0.717, 1.165) is 4.31 Å². The third kappa shape index (κ3) is 7.43. The summed E-state index contributed by atoms with van der Waals surface area (Å²) in [6.45, 7) is -0.592. The fraction of sp³-hybridized carbons (Fsp3) is 0.0741. The number of hydrogen-bond acceptors (Lipinski definition) is 6. The molecule has 0 saturated carbocycles. The molecule has 0 spiro atoms. The maximum Gasteiger partial charge on any atom is 0.264 e. The molecule has 0 saturated heterocycles. The highest BCUT2D eigenvalue weighted by Gasteiger charge is 2.28. The van der Waals surface area contributed by atoms with Crippen molar-refractivity contribution in [2.75, 3.05) is 28.0 Å². The summed E-state index contributed by atoms with van der Waals surface area (Å²) in [5, 5.41) is 3.35. The summed E-state index contributed by atoms with van der Waals surface area (Å²) in [7, 11) is -6.74. The minimum atomic E-state index is -4.19. The number of nitrogens with one attached hydrogen (secondary N) is 2. The first-order valence-corrected chi connectivity index (χ1v) is 15.7. The predicted molar refractivity (Wildman–Crippen MR) is 161 cm³/mol. The van der Waals surface area contributed by atoms with Crippen molar-refractivity contribution in [1.82, 2.24) is 0 Å². The lowest BCUT2D eigenvalue weighted by Crippen LogP contribution is -2.38. The number of sulfonamides is 2. The van der Waals surface area contributed by atoms with Crippen molar-refractivity contribution in [2.24, 2.45) is 0 Å². The largest absolute Gasteiger partial charge is 0.497 e. The molecule has 4 aromatic rings. The molecule has 2 N–H and O–H groups in total. The van der Waals surface area contributed by atoms with E-state index in [9.17, 15) is 21.6 Å². The fourth-order valence-electron chi connectivity index (χ4n) is 3.65. The average molecular weight is 655 g/mol. The normalized spacial score (nSPS) is 11.5. The molecule has 0 aliphatic rings. The highest BCUT2D eigenvalue weighted by atomic mass is 35.5. The summed E-state index contributed by atoms with van der Waals surface area (Å²) in [4.78, 5) is 12.9. The summed E-state index contributed by atoms with van der Waals surface area (Å²) >= 11 is 18.0. The smallest absolute Gasteiger partial charge is 0.264 e. The molecule has 214 valence electrons. The van der Waals surface area contributed by atoms with E-state index < -0.39 is 32.5 Å². The summed E-state index contributed by atoms with van der Waals surface area (Å²) < 4.78 is 61.1. The van der Waals surface area contributed by atoms with Crippen LogP contribution in [-0.2, 0) is 24.8 Å². The molecule has 0 aromatic heterocycles. The van der Waals surface area contributed by atoms with Gasteiger partial charge in [-0.2, -0.15) is 0 Å². The van der Waals surface area contributed by atoms with Crippen LogP contribution in [0.3, 0.4) is 0 Å². The third-order valence-electron chi connectivity index (χ3n) is 5.65. The zero-order chi connectivity index (χ0) is 29.8. The van der Waals surface area contributed by atoms with E-state index >= 15 is 0 Å². The van der Waals surface area contributed by atoms with E-state index in [4.69, 9.17) is 39.5 Å². The molecule has 41 heavy (non-hydrogen) atoms. The highest BCUT2D eigenvalue weighted by molar-refractivity contribution is 7.93. The molecular formula is C27H22Cl3N3O6S2. The van der Waals surface area contributed by atoms with Crippen LogP contribution < -0.4 is 19.1 Å². The molecule has 0 aliphatic carbocycles. The number of carbonyl (C=O) groups excluding carboxylic acids is 1. The van der Waals surface area contributed by atoms with Crippen molar-refractivity contribution in [3.63, 3.8) is 0 Å². The minimum absolute atomic E-state index is 0.0612. The SMILES string of the molecule is COc1ccc(S(=O)(=O)N(CC(=O)Nc2ccc(S(=O)(=O)Nc3ccc(Cl)cc3Cl)cc2)c2cccc(Cl)c2)cc1. The zero-order valence-electron chi connectivity index (χ0n) is 21.2. The van der Waals surface area contributed by atoms with Crippen molar-refractivity contribution in [3.05, 3.63) is 106 Å². The van der Waals surface area contributed by atoms with Crippen LogP contribution >= 0.6 is 34.8 Å². The number of benzene rings is 4. The van der Waals surface area contributed by atoms with E-state index in [-0.39, 0.29) is 36.9 Å². The number of rotatable bonds is 10. The van der Waals surface area contributed by atoms with Crippen LogP contribution in [0.15, 0.2) is 101 Å². The Balaban J connectivity index is 1.53. The molecule has 4 rings (SSSR count). The van der Waals surface area contributed by atoms with Crippen LogP contribution in [0.4, 0.5) is 17.1 Å². The number of amides is 1. The lowest BCUT2D eigenvalue weighted by Gasteiger charge is -2.24. The first-order chi connectivity index (χ1) is 19.4. The van der Waals surface area contributed by atoms with Gasteiger partial charge in [-0.25, -0.2) is 16.8 Å². The van der Waals surface area contributed by atoms with Crippen molar-refractivity contribution in [3.8, 4) is 5.75 Å². The van der Waals surface area contributed by atoms with Gasteiger partial charge in [0.25, 0.3) is 20.0 Å². The van der Waals surface area contributed by atoms with Gasteiger partial charge in [-0.15, -0.1) is 0 Å². The first kappa shape index (κ1) is 30.5. The number of carbonyl (C=O) groups is 1. The highest BCUT2D eigenvalue weighted by Crippen LogP contribution is 2.29. The molecule has 0 atom stereocenters. The fourth-order valence-corrected chi connectivity index (χ4v) is 6.83. The van der Waals surface area contributed by atoms with Crippen LogP contribution in [0.5, 0.6) is 5.75 Å². The quantitative estimate of drug-likeness (QED) is 0.207. The second kappa shape index (κ2) is 12.6. The molecule has 0 fully saturated rings. The Bertz CT molecular complexity index is 1780. The Labute approximate surface area is 252 Å². The van der Waals surface area contributed by atoms with Crippen LogP contribution in [-0.4, -0.2) is 36.4 Å². The van der Waals surface area contributed by atoms with Crippen molar-refractivity contribution < 1.29 is 26.4 Å². The predicted octanol–water partition coefficient (Wildman–Crippen LogP) is 6.29. The maximum absolute atomic E-state index is 13.6. The minimum Gasteiger partial charge on any atom is -0.497 e. The van der Waals surface area contributed by atoms with E-state index in [1.807, 2.05) is 0 Å². The monoisotopic (exact) mass is 653 g/mol. The van der Waals surface area contributed by atoms with Crippen LogP contribution in [0.25, 0.3) is 0 Å².